The SMILES string of the molecule is FC(F)(F)COCCCNc1c(Br)cccc1Br. The largest absolute Gasteiger partial charge is 0.411 e. The van der Waals surface area contributed by atoms with Gasteiger partial charge >= 0.3 is 6.18 Å². The summed E-state index contributed by atoms with van der Waals surface area (Å²) in [7, 11) is 0. The number of benzene rings is 1. The number of alkyl halides is 3. The molecule has 0 saturated heterocycles. The van der Waals surface area contributed by atoms with E-state index in [1.165, 1.54) is 0 Å². The van der Waals surface area contributed by atoms with Crippen LogP contribution in [0.25, 0.3) is 0 Å². The Balaban J connectivity index is 2.22. The van der Waals surface area contributed by atoms with Crippen molar-refractivity contribution in [2.45, 2.75) is 12.6 Å². The molecule has 0 atom stereocenters. The fraction of sp³-hybridized carbons (Fsp3) is 0.455. The number of rotatable bonds is 6. The van der Waals surface area contributed by atoms with Crippen LogP contribution in [0.2, 0.25) is 0 Å². The molecule has 0 aliphatic heterocycles. The highest BCUT2D eigenvalue weighted by molar-refractivity contribution is 9.11. The summed E-state index contributed by atoms with van der Waals surface area (Å²) in [5, 5.41) is 3.12. The van der Waals surface area contributed by atoms with Crippen molar-refractivity contribution in [3.63, 3.8) is 0 Å². The van der Waals surface area contributed by atoms with E-state index in [1.54, 1.807) is 0 Å². The van der Waals surface area contributed by atoms with Gasteiger partial charge in [0.1, 0.15) is 6.61 Å². The van der Waals surface area contributed by atoms with Crippen molar-refractivity contribution in [1.82, 2.24) is 0 Å². The van der Waals surface area contributed by atoms with E-state index < -0.39 is 12.8 Å². The van der Waals surface area contributed by atoms with Crippen molar-refractivity contribution in [1.29, 1.82) is 0 Å². The van der Waals surface area contributed by atoms with Crippen LogP contribution in [0.1, 0.15) is 6.42 Å². The number of ether oxygens (including phenoxy) is 1. The van der Waals surface area contributed by atoms with Gasteiger partial charge in [-0.2, -0.15) is 13.2 Å². The molecule has 0 unspecified atom stereocenters. The van der Waals surface area contributed by atoms with Gasteiger partial charge in [-0.15, -0.1) is 0 Å². The Morgan fingerprint density at radius 2 is 1.78 bits per heavy atom. The highest BCUT2D eigenvalue weighted by Crippen LogP contribution is 2.30. The van der Waals surface area contributed by atoms with Gasteiger partial charge in [-0.05, 0) is 50.4 Å². The smallest absolute Gasteiger partial charge is 0.383 e. The molecule has 0 radical (unpaired) electrons. The molecule has 1 aromatic rings. The fourth-order valence-corrected chi connectivity index (χ4v) is 2.52. The van der Waals surface area contributed by atoms with Gasteiger partial charge in [-0.3, -0.25) is 0 Å². The van der Waals surface area contributed by atoms with Gasteiger partial charge in [0.25, 0.3) is 0 Å². The summed E-state index contributed by atoms with van der Waals surface area (Å²) in [6, 6.07) is 5.65. The molecule has 0 aliphatic rings. The summed E-state index contributed by atoms with van der Waals surface area (Å²) >= 11 is 6.77. The number of halogens is 5. The van der Waals surface area contributed by atoms with Gasteiger partial charge in [-0.1, -0.05) is 6.07 Å². The summed E-state index contributed by atoms with van der Waals surface area (Å²) in [5.41, 5.74) is 0.883. The van der Waals surface area contributed by atoms with Crippen molar-refractivity contribution in [3.05, 3.63) is 27.1 Å². The molecule has 1 rings (SSSR count). The summed E-state index contributed by atoms with van der Waals surface area (Å²) in [5.74, 6) is 0. The van der Waals surface area contributed by atoms with Crippen LogP contribution in [-0.4, -0.2) is 25.9 Å². The third-order valence-corrected chi connectivity index (χ3v) is 3.32. The van der Waals surface area contributed by atoms with Crippen molar-refractivity contribution in [2.75, 3.05) is 25.1 Å². The lowest BCUT2D eigenvalue weighted by molar-refractivity contribution is -0.173. The zero-order valence-electron chi connectivity index (χ0n) is 9.36. The highest BCUT2D eigenvalue weighted by atomic mass is 79.9. The first kappa shape index (κ1) is 15.8. The molecule has 0 bridgehead atoms. The van der Waals surface area contributed by atoms with Gasteiger partial charge in [0, 0.05) is 22.1 Å². The van der Waals surface area contributed by atoms with E-state index in [2.05, 4.69) is 41.9 Å². The molecule has 0 saturated carbocycles. The number of hydrogen-bond donors (Lipinski definition) is 1. The van der Waals surface area contributed by atoms with Crippen LogP contribution in [0, 0.1) is 0 Å². The minimum Gasteiger partial charge on any atom is -0.383 e. The van der Waals surface area contributed by atoms with E-state index in [9.17, 15) is 13.2 Å². The molecule has 0 amide bonds. The normalized spacial score (nSPS) is 11.6. The van der Waals surface area contributed by atoms with Crippen LogP contribution in [0.3, 0.4) is 0 Å². The molecule has 0 aromatic heterocycles. The zero-order chi connectivity index (χ0) is 13.6. The minimum atomic E-state index is -4.25. The molecule has 2 nitrogen and oxygen atoms in total. The summed E-state index contributed by atoms with van der Waals surface area (Å²) in [6.45, 7) is -0.570. The molecule has 0 aliphatic carbocycles. The van der Waals surface area contributed by atoms with Crippen molar-refractivity contribution >= 4 is 37.5 Å². The summed E-state index contributed by atoms with van der Waals surface area (Å²) in [6.07, 6.45) is -3.75. The second kappa shape index (κ2) is 7.35. The molecule has 0 spiro atoms. The van der Waals surface area contributed by atoms with Crippen molar-refractivity contribution in [3.8, 4) is 0 Å². The van der Waals surface area contributed by atoms with Crippen LogP contribution in [-0.2, 0) is 4.74 Å². The average molecular weight is 391 g/mol. The maximum absolute atomic E-state index is 11.8. The van der Waals surface area contributed by atoms with Crippen LogP contribution < -0.4 is 5.32 Å². The molecular weight excluding hydrogens is 379 g/mol. The topological polar surface area (TPSA) is 21.3 Å². The van der Waals surface area contributed by atoms with Gasteiger partial charge in [0.2, 0.25) is 0 Å². The molecule has 102 valence electrons. The lowest BCUT2D eigenvalue weighted by Gasteiger charge is -2.11. The molecule has 18 heavy (non-hydrogen) atoms. The lowest BCUT2D eigenvalue weighted by Crippen LogP contribution is -2.18. The van der Waals surface area contributed by atoms with Crippen LogP contribution in [0.15, 0.2) is 27.1 Å². The number of hydrogen-bond acceptors (Lipinski definition) is 2. The van der Waals surface area contributed by atoms with E-state index in [1.807, 2.05) is 18.2 Å². The lowest BCUT2D eigenvalue weighted by atomic mass is 10.3. The maximum Gasteiger partial charge on any atom is 0.411 e. The van der Waals surface area contributed by atoms with E-state index >= 15 is 0 Å². The quantitative estimate of drug-likeness (QED) is 0.717. The van der Waals surface area contributed by atoms with Crippen LogP contribution in [0.5, 0.6) is 0 Å². The first-order valence-electron chi connectivity index (χ1n) is 5.22. The van der Waals surface area contributed by atoms with E-state index in [0.29, 0.717) is 13.0 Å². The van der Waals surface area contributed by atoms with E-state index in [0.717, 1.165) is 14.6 Å². The van der Waals surface area contributed by atoms with Crippen LogP contribution >= 0.6 is 31.9 Å². The monoisotopic (exact) mass is 389 g/mol. The predicted octanol–water partition coefficient (Wildman–Crippen LogP) is 4.59. The Kier molecular flexibility index (Phi) is 6.45. The standard InChI is InChI=1S/C11H12Br2F3NO/c12-8-3-1-4-9(13)10(8)17-5-2-6-18-7-11(14,15)16/h1,3-4,17H,2,5-7H2. The van der Waals surface area contributed by atoms with Gasteiger partial charge in [0.05, 0.1) is 5.69 Å². The summed E-state index contributed by atoms with van der Waals surface area (Å²) in [4.78, 5) is 0. The molecule has 0 heterocycles. The number of para-hydroxylation sites is 1. The molecule has 1 N–H and O–H groups in total. The van der Waals surface area contributed by atoms with Crippen LogP contribution in [0.4, 0.5) is 18.9 Å². The predicted molar refractivity (Wildman–Crippen MR) is 71.8 cm³/mol. The first-order valence-corrected chi connectivity index (χ1v) is 6.81. The Bertz CT molecular complexity index is 365. The Morgan fingerprint density at radius 3 is 2.33 bits per heavy atom. The average Bonchev–Trinajstić information content (AvgIpc) is 2.25. The maximum atomic E-state index is 11.8. The third kappa shape index (κ3) is 6.06. The Labute approximate surface area is 120 Å². The van der Waals surface area contributed by atoms with Gasteiger partial charge in [-0.25, -0.2) is 0 Å². The van der Waals surface area contributed by atoms with Gasteiger partial charge < -0.3 is 10.1 Å². The van der Waals surface area contributed by atoms with Crippen molar-refractivity contribution < 1.29 is 17.9 Å². The molecule has 7 heteroatoms. The van der Waals surface area contributed by atoms with Gasteiger partial charge in [0.15, 0.2) is 0 Å². The highest BCUT2D eigenvalue weighted by Gasteiger charge is 2.27. The Hall–Kier alpha value is -0.270. The third-order valence-electron chi connectivity index (χ3n) is 2.00. The van der Waals surface area contributed by atoms with E-state index in [-0.39, 0.29) is 6.61 Å². The minimum absolute atomic E-state index is 0.0780. The fourth-order valence-electron chi connectivity index (χ4n) is 1.24. The zero-order valence-corrected chi connectivity index (χ0v) is 12.5. The Morgan fingerprint density at radius 1 is 1.17 bits per heavy atom. The summed E-state index contributed by atoms with van der Waals surface area (Å²) < 4.78 is 41.6. The molecule has 0 fully saturated rings. The number of anilines is 1. The van der Waals surface area contributed by atoms with E-state index in [4.69, 9.17) is 0 Å². The number of nitrogens with one attached hydrogen (secondary N) is 1. The second-order valence-electron chi connectivity index (χ2n) is 3.54. The molecule has 1 aromatic carbocycles. The first-order chi connectivity index (χ1) is 8.40. The second-order valence-corrected chi connectivity index (χ2v) is 5.25. The van der Waals surface area contributed by atoms with Crippen molar-refractivity contribution in [2.24, 2.45) is 0 Å². The molecular formula is C11H12Br2F3NO.